The fourth-order valence-electron chi connectivity index (χ4n) is 1.60. The van der Waals surface area contributed by atoms with Gasteiger partial charge in [0.05, 0.1) is 5.56 Å². The van der Waals surface area contributed by atoms with Gasteiger partial charge in [-0.25, -0.2) is 0 Å². The fraction of sp³-hybridized carbons (Fsp3) is 0.400. The first kappa shape index (κ1) is 8.58. The Morgan fingerprint density at radius 2 is 2.54 bits per heavy atom. The molecule has 0 N–H and O–H groups in total. The summed E-state index contributed by atoms with van der Waals surface area (Å²) >= 11 is 1.95. The van der Waals surface area contributed by atoms with Crippen LogP contribution in [0.2, 0.25) is 0 Å². The number of pyridine rings is 1. The van der Waals surface area contributed by atoms with Crippen LogP contribution in [0.5, 0.6) is 0 Å². The van der Waals surface area contributed by atoms with Gasteiger partial charge in [-0.05, 0) is 30.2 Å². The molecule has 1 unspecified atom stereocenters. The van der Waals surface area contributed by atoms with Crippen LogP contribution in [0.15, 0.2) is 18.5 Å². The van der Waals surface area contributed by atoms with Crippen molar-refractivity contribution >= 4 is 11.8 Å². The Hall–Kier alpha value is -1.01. The first-order chi connectivity index (χ1) is 6.42. The molecule has 0 radical (unpaired) electrons. The van der Waals surface area contributed by atoms with Crippen LogP contribution in [0.1, 0.15) is 29.2 Å². The number of rotatable bonds is 1. The van der Waals surface area contributed by atoms with Crippen molar-refractivity contribution < 1.29 is 0 Å². The van der Waals surface area contributed by atoms with Gasteiger partial charge in [0.25, 0.3) is 0 Å². The van der Waals surface area contributed by atoms with E-state index in [2.05, 4.69) is 11.1 Å². The molecule has 1 aromatic heterocycles. The Bertz CT molecular complexity index is 337. The highest BCUT2D eigenvalue weighted by molar-refractivity contribution is 7.99. The molecule has 0 saturated carbocycles. The van der Waals surface area contributed by atoms with Gasteiger partial charge >= 0.3 is 0 Å². The maximum absolute atomic E-state index is 8.88. The molecule has 0 bridgehead atoms. The summed E-state index contributed by atoms with van der Waals surface area (Å²) in [5, 5.41) is 9.41. The first-order valence-corrected chi connectivity index (χ1v) is 5.42. The van der Waals surface area contributed by atoms with E-state index < -0.39 is 0 Å². The summed E-state index contributed by atoms with van der Waals surface area (Å²) in [6, 6.07) is 4.17. The lowest BCUT2D eigenvalue weighted by atomic mass is 10.1. The van der Waals surface area contributed by atoms with E-state index in [1.54, 1.807) is 12.4 Å². The van der Waals surface area contributed by atoms with Crippen molar-refractivity contribution in [2.24, 2.45) is 0 Å². The number of nitriles is 1. The molecule has 2 rings (SSSR count). The average Bonchev–Trinajstić information content (AvgIpc) is 2.70. The van der Waals surface area contributed by atoms with Gasteiger partial charge in [0.15, 0.2) is 0 Å². The Kier molecular flexibility index (Phi) is 2.51. The van der Waals surface area contributed by atoms with Crippen molar-refractivity contribution in [1.82, 2.24) is 4.98 Å². The number of hydrogen-bond donors (Lipinski definition) is 0. The van der Waals surface area contributed by atoms with Crippen molar-refractivity contribution in [2.75, 3.05) is 5.75 Å². The molecular weight excluding hydrogens is 180 g/mol. The van der Waals surface area contributed by atoms with Crippen molar-refractivity contribution in [1.29, 1.82) is 5.26 Å². The maximum Gasteiger partial charge on any atom is 0.101 e. The molecule has 1 aliphatic heterocycles. The van der Waals surface area contributed by atoms with E-state index in [1.165, 1.54) is 24.2 Å². The molecular formula is C10H10N2S. The average molecular weight is 190 g/mol. The standard InChI is InChI=1S/C10H10N2S/c11-6-8-7-12-4-3-9(8)10-2-1-5-13-10/h3-4,7,10H,1-2,5H2. The molecule has 1 atom stereocenters. The molecule has 1 aliphatic rings. The lowest BCUT2D eigenvalue weighted by Gasteiger charge is -2.09. The van der Waals surface area contributed by atoms with E-state index in [0.29, 0.717) is 5.25 Å². The molecule has 2 heterocycles. The second-order valence-corrected chi connectivity index (χ2v) is 4.39. The van der Waals surface area contributed by atoms with Crippen molar-refractivity contribution in [3.05, 3.63) is 29.6 Å². The second-order valence-electron chi connectivity index (χ2n) is 3.08. The highest BCUT2D eigenvalue weighted by Gasteiger charge is 2.19. The molecule has 1 fully saturated rings. The summed E-state index contributed by atoms with van der Waals surface area (Å²) in [7, 11) is 0. The Labute approximate surface area is 82.0 Å². The van der Waals surface area contributed by atoms with Crippen LogP contribution in [-0.2, 0) is 0 Å². The second kappa shape index (κ2) is 3.80. The van der Waals surface area contributed by atoms with Gasteiger partial charge in [-0.2, -0.15) is 17.0 Å². The molecule has 0 aromatic carbocycles. The van der Waals surface area contributed by atoms with Gasteiger partial charge in [-0.1, -0.05) is 0 Å². The summed E-state index contributed by atoms with van der Waals surface area (Å²) in [4.78, 5) is 3.96. The van der Waals surface area contributed by atoms with Crippen LogP contribution >= 0.6 is 11.8 Å². The van der Waals surface area contributed by atoms with Crippen molar-refractivity contribution in [3.8, 4) is 6.07 Å². The monoisotopic (exact) mass is 190 g/mol. The molecule has 0 spiro atoms. The predicted molar refractivity (Wildman–Crippen MR) is 53.4 cm³/mol. The minimum Gasteiger partial charge on any atom is -0.263 e. The van der Waals surface area contributed by atoms with Gasteiger partial charge in [-0.3, -0.25) is 4.98 Å². The van der Waals surface area contributed by atoms with Gasteiger partial charge in [0.1, 0.15) is 6.07 Å². The topological polar surface area (TPSA) is 36.7 Å². The van der Waals surface area contributed by atoms with E-state index in [1.807, 2.05) is 17.8 Å². The maximum atomic E-state index is 8.88. The van der Waals surface area contributed by atoms with E-state index in [0.717, 1.165) is 5.56 Å². The third kappa shape index (κ3) is 1.68. The quantitative estimate of drug-likeness (QED) is 0.682. The molecule has 66 valence electrons. The highest BCUT2D eigenvalue weighted by Crippen LogP contribution is 2.40. The summed E-state index contributed by atoms with van der Waals surface area (Å²) in [5.74, 6) is 1.22. The normalized spacial score (nSPS) is 21.3. The predicted octanol–water partition coefficient (Wildman–Crippen LogP) is 2.52. The Morgan fingerprint density at radius 3 is 3.23 bits per heavy atom. The van der Waals surface area contributed by atoms with E-state index in [9.17, 15) is 0 Å². The lowest BCUT2D eigenvalue weighted by Crippen LogP contribution is -1.93. The number of aromatic nitrogens is 1. The third-order valence-corrected chi connectivity index (χ3v) is 3.67. The third-order valence-electron chi connectivity index (χ3n) is 2.25. The summed E-state index contributed by atoms with van der Waals surface area (Å²) in [6.07, 6.45) is 5.90. The lowest BCUT2D eigenvalue weighted by molar-refractivity contribution is 0.825. The van der Waals surface area contributed by atoms with Crippen LogP contribution in [0, 0.1) is 11.3 Å². The molecule has 2 nitrogen and oxygen atoms in total. The Balaban J connectivity index is 2.33. The van der Waals surface area contributed by atoms with E-state index >= 15 is 0 Å². The van der Waals surface area contributed by atoms with E-state index in [-0.39, 0.29) is 0 Å². The van der Waals surface area contributed by atoms with Crippen LogP contribution in [0.4, 0.5) is 0 Å². The van der Waals surface area contributed by atoms with Crippen LogP contribution in [-0.4, -0.2) is 10.7 Å². The highest BCUT2D eigenvalue weighted by atomic mass is 32.2. The molecule has 3 heteroatoms. The number of thioether (sulfide) groups is 1. The Morgan fingerprint density at radius 1 is 1.62 bits per heavy atom. The van der Waals surface area contributed by atoms with Gasteiger partial charge in [-0.15, -0.1) is 0 Å². The van der Waals surface area contributed by atoms with Crippen molar-refractivity contribution in [3.63, 3.8) is 0 Å². The van der Waals surface area contributed by atoms with Crippen molar-refractivity contribution in [2.45, 2.75) is 18.1 Å². The number of nitrogens with zero attached hydrogens (tertiary/aromatic N) is 2. The van der Waals surface area contributed by atoms with E-state index in [4.69, 9.17) is 5.26 Å². The molecule has 1 aromatic rings. The zero-order valence-electron chi connectivity index (χ0n) is 7.23. The zero-order valence-corrected chi connectivity index (χ0v) is 8.05. The minimum absolute atomic E-state index is 0.526. The van der Waals surface area contributed by atoms with Crippen LogP contribution < -0.4 is 0 Å². The summed E-state index contributed by atoms with van der Waals surface area (Å²) in [6.45, 7) is 0. The minimum atomic E-state index is 0.526. The van der Waals surface area contributed by atoms with Gasteiger partial charge in [0, 0.05) is 17.6 Å². The SMILES string of the molecule is N#Cc1cnccc1C1CCCS1. The molecule has 0 amide bonds. The molecule has 0 aliphatic carbocycles. The van der Waals surface area contributed by atoms with Gasteiger partial charge in [0.2, 0.25) is 0 Å². The first-order valence-electron chi connectivity index (χ1n) is 4.37. The molecule has 13 heavy (non-hydrogen) atoms. The summed E-state index contributed by atoms with van der Waals surface area (Å²) < 4.78 is 0. The fourth-order valence-corrected chi connectivity index (χ4v) is 2.94. The van der Waals surface area contributed by atoms with Gasteiger partial charge < -0.3 is 0 Å². The largest absolute Gasteiger partial charge is 0.263 e. The molecule has 1 saturated heterocycles. The van der Waals surface area contributed by atoms with Crippen LogP contribution in [0.3, 0.4) is 0 Å². The van der Waals surface area contributed by atoms with Crippen LogP contribution in [0.25, 0.3) is 0 Å². The summed E-state index contributed by atoms with van der Waals surface area (Å²) in [5.41, 5.74) is 1.90. The smallest absolute Gasteiger partial charge is 0.101 e. The zero-order chi connectivity index (χ0) is 9.10. The number of hydrogen-bond acceptors (Lipinski definition) is 3.